The van der Waals surface area contributed by atoms with E-state index in [-0.39, 0.29) is 0 Å². The summed E-state index contributed by atoms with van der Waals surface area (Å²) in [6.45, 7) is 12.3. The van der Waals surface area contributed by atoms with Crippen molar-refractivity contribution < 1.29 is 4.79 Å². The summed E-state index contributed by atoms with van der Waals surface area (Å²) in [6.07, 6.45) is 5.55. The molecule has 2 unspecified atom stereocenters. The number of nitrogens with zero attached hydrogens (tertiary/aromatic N) is 1. The van der Waals surface area contributed by atoms with Crippen LogP contribution in [0.1, 0.15) is 59.8 Å². The van der Waals surface area contributed by atoms with E-state index < -0.39 is 0 Å². The molecule has 0 aromatic heterocycles. The lowest BCUT2D eigenvalue weighted by Gasteiger charge is -2.33. The third kappa shape index (κ3) is 4.72. The van der Waals surface area contributed by atoms with Gasteiger partial charge in [-0.1, -0.05) is 34.1 Å². The van der Waals surface area contributed by atoms with Gasteiger partial charge in [-0.2, -0.15) is 0 Å². The fourth-order valence-electron chi connectivity index (χ4n) is 3.00. The molecule has 1 aliphatic rings. The zero-order chi connectivity index (χ0) is 13.5. The van der Waals surface area contributed by atoms with Crippen molar-refractivity contribution >= 4 is 5.78 Å². The molecule has 0 heterocycles. The van der Waals surface area contributed by atoms with Crippen molar-refractivity contribution in [3.63, 3.8) is 0 Å². The summed E-state index contributed by atoms with van der Waals surface area (Å²) in [5.74, 6) is 2.31. The van der Waals surface area contributed by atoms with Crippen LogP contribution in [0.3, 0.4) is 0 Å². The summed E-state index contributed by atoms with van der Waals surface area (Å²) in [5.41, 5.74) is 0. The van der Waals surface area contributed by atoms with Crippen molar-refractivity contribution in [2.45, 2.75) is 59.8 Å². The van der Waals surface area contributed by atoms with Gasteiger partial charge in [-0.25, -0.2) is 0 Å². The Bertz CT molecular complexity index is 249. The van der Waals surface area contributed by atoms with Crippen molar-refractivity contribution in [3.05, 3.63) is 0 Å². The van der Waals surface area contributed by atoms with Gasteiger partial charge in [0.05, 0.1) is 0 Å². The number of carbonyl (C=O) groups is 1. The maximum atomic E-state index is 12.1. The van der Waals surface area contributed by atoms with Crippen molar-refractivity contribution in [2.75, 3.05) is 19.6 Å². The minimum Gasteiger partial charge on any atom is -0.303 e. The second kappa shape index (κ2) is 7.93. The quantitative estimate of drug-likeness (QED) is 0.688. The Morgan fingerprint density at radius 2 is 2.06 bits per heavy atom. The molecule has 0 aromatic rings. The van der Waals surface area contributed by atoms with Crippen LogP contribution in [0.15, 0.2) is 0 Å². The number of Topliss-reactive ketones (excluding diaryl/α,β-unsaturated/α-hetero) is 1. The Morgan fingerprint density at radius 3 is 2.61 bits per heavy atom. The Balaban J connectivity index is 2.48. The average molecular weight is 253 g/mol. The number of unbranched alkanes of at least 4 members (excludes halogenated alkanes) is 1. The van der Waals surface area contributed by atoms with Gasteiger partial charge < -0.3 is 4.90 Å². The zero-order valence-electron chi connectivity index (χ0n) is 12.7. The summed E-state index contributed by atoms with van der Waals surface area (Å²) in [7, 11) is 0. The number of carbonyl (C=O) groups excluding carboxylic acids is 1. The maximum absolute atomic E-state index is 12.1. The molecule has 0 bridgehead atoms. The van der Waals surface area contributed by atoms with Gasteiger partial charge in [0.1, 0.15) is 5.78 Å². The van der Waals surface area contributed by atoms with Crippen LogP contribution in [-0.2, 0) is 4.79 Å². The van der Waals surface area contributed by atoms with E-state index >= 15 is 0 Å². The van der Waals surface area contributed by atoms with E-state index in [4.69, 9.17) is 0 Å². The third-order valence-electron chi connectivity index (χ3n) is 4.50. The Morgan fingerprint density at radius 1 is 1.33 bits per heavy atom. The smallest absolute Gasteiger partial charge is 0.137 e. The SMILES string of the molecule is CCCCN(CC)CC1CC(C(C)C)CCC1=O. The second-order valence-electron chi connectivity index (χ2n) is 6.19. The fraction of sp³-hybridized carbons (Fsp3) is 0.938. The largest absolute Gasteiger partial charge is 0.303 e. The molecule has 0 aromatic carbocycles. The average Bonchev–Trinajstić information content (AvgIpc) is 2.36. The molecule has 106 valence electrons. The molecule has 0 spiro atoms. The van der Waals surface area contributed by atoms with Crippen molar-refractivity contribution in [1.82, 2.24) is 4.90 Å². The predicted molar refractivity (Wildman–Crippen MR) is 77.7 cm³/mol. The van der Waals surface area contributed by atoms with Gasteiger partial charge in [0, 0.05) is 18.9 Å². The monoisotopic (exact) mass is 253 g/mol. The van der Waals surface area contributed by atoms with E-state index in [0.717, 1.165) is 50.7 Å². The highest BCUT2D eigenvalue weighted by Gasteiger charge is 2.30. The number of rotatable bonds is 7. The first-order valence-electron chi connectivity index (χ1n) is 7.83. The van der Waals surface area contributed by atoms with E-state index in [0.29, 0.717) is 11.7 Å². The van der Waals surface area contributed by atoms with Gasteiger partial charge in [-0.15, -0.1) is 0 Å². The van der Waals surface area contributed by atoms with E-state index in [1.807, 2.05) is 0 Å². The summed E-state index contributed by atoms with van der Waals surface area (Å²) < 4.78 is 0. The molecule has 0 amide bonds. The molecule has 2 nitrogen and oxygen atoms in total. The molecule has 2 atom stereocenters. The highest BCUT2D eigenvalue weighted by Crippen LogP contribution is 2.32. The highest BCUT2D eigenvalue weighted by atomic mass is 16.1. The summed E-state index contributed by atoms with van der Waals surface area (Å²) in [4.78, 5) is 14.5. The highest BCUT2D eigenvalue weighted by molar-refractivity contribution is 5.82. The number of ketones is 1. The lowest BCUT2D eigenvalue weighted by atomic mass is 9.75. The molecule has 0 radical (unpaired) electrons. The molecule has 0 N–H and O–H groups in total. The lowest BCUT2D eigenvalue weighted by molar-refractivity contribution is -0.126. The minimum atomic E-state index is 0.308. The first-order valence-corrected chi connectivity index (χ1v) is 7.83. The number of hydrogen-bond donors (Lipinski definition) is 0. The molecule has 1 fully saturated rings. The molecule has 1 rings (SSSR count). The van der Waals surface area contributed by atoms with Gasteiger partial charge in [0.2, 0.25) is 0 Å². The van der Waals surface area contributed by atoms with E-state index in [9.17, 15) is 4.79 Å². The van der Waals surface area contributed by atoms with Gasteiger partial charge in [-0.3, -0.25) is 4.79 Å². The van der Waals surface area contributed by atoms with Crippen LogP contribution >= 0.6 is 0 Å². The zero-order valence-corrected chi connectivity index (χ0v) is 12.7. The van der Waals surface area contributed by atoms with Crippen LogP contribution in [0.5, 0.6) is 0 Å². The molecule has 1 aliphatic carbocycles. The first kappa shape index (κ1) is 15.7. The third-order valence-corrected chi connectivity index (χ3v) is 4.50. The molecular weight excluding hydrogens is 222 g/mol. The van der Waals surface area contributed by atoms with Crippen LogP contribution in [0.2, 0.25) is 0 Å². The van der Waals surface area contributed by atoms with Crippen LogP contribution in [0.25, 0.3) is 0 Å². The second-order valence-corrected chi connectivity index (χ2v) is 6.19. The Kier molecular flexibility index (Phi) is 6.91. The lowest BCUT2D eigenvalue weighted by Crippen LogP contribution is -2.38. The van der Waals surface area contributed by atoms with Crippen LogP contribution in [-0.4, -0.2) is 30.3 Å². The molecular formula is C16H31NO. The van der Waals surface area contributed by atoms with Gasteiger partial charge >= 0.3 is 0 Å². The molecule has 2 heteroatoms. The minimum absolute atomic E-state index is 0.308. The van der Waals surface area contributed by atoms with Gasteiger partial charge in [-0.05, 0) is 44.2 Å². The fourth-order valence-corrected chi connectivity index (χ4v) is 3.00. The first-order chi connectivity index (χ1) is 8.58. The Labute approximate surface area is 113 Å². The molecule has 0 aliphatic heterocycles. The van der Waals surface area contributed by atoms with Gasteiger partial charge in [0.15, 0.2) is 0 Å². The van der Waals surface area contributed by atoms with E-state index in [1.165, 1.54) is 12.8 Å². The Hall–Kier alpha value is -0.370. The summed E-state index contributed by atoms with van der Waals surface area (Å²) >= 11 is 0. The predicted octanol–water partition coefficient (Wildman–Crippen LogP) is 3.75. The summed E-state index contributed by atoms with van der Waals surface area (Å²) in [5, 5.41) is 0. The van der Waals surface area contributed by atoms with Crippen LogP contribution in [0, 0.1) is 17.8 Å². The maximum Gasteiger partial charge on any atom is 0.137 e. The molecule has 0 saturated heterocycles. The van der Waals surface area contributed by atoms with Crippen molar-refractivity contribution in [3.8, 4) is 0 Å². The van der Waals surface area contributed by atoms with E-state index in [2.05, 4.69) is 32.6 Å². The van der Waals surface area contributed by atoms with E-state index in [1.54, 1.807) is 0 Å². The molecule has 18 heavy (non-hydrogen) atoms. The standard InChI is InChI=1S/C16H31NO/c1-5-7-10-17(6-2)12-15-11-14(13(3)4)8-9-16(15)18/h13-15H,5-12H2,1-4H3. The van der Waals surface area contributed by atoms with Crippen molar-refractivity contribution in [1.29, 1.82) is 0 Å². The van der Waals surface area contributed by atoms with Gasteiger partial charge in [0.25, 0.3) is 0 Å². The topological polar surface area (TPSA) is 20.3 Å². The number of hydrogen-bond acceptors (Lipinski definition) is 2. The van der Waals surface area contributed by atoms with Crippen LogP contribution in [0.4, 0.5) is 0 Å². The van der Waals surface area contributed by atoms with Crippen LogP contribution < -0.4 is 0 Å². The molecule has 1 saturated carbocycles. The normalized spacial score (nSPS) is 25.1. The summed E-state index contributed by atoms with van der Waals surface area (Å²) in [6, 6.07) is 0. The van der Waals surface area contributed by atoms with Crippen molar-refractivity contribution in [2.24, 2.45) is 17.8 Å².